The van der Waals surface area contributed by atoms with Crippen molar-refractivity contribution < 1.29 is 28.7 Å². The number of fused-ring (bicyclic) bond motifs is 2. The van der Waals surface area contributed by atoms with Gasteiger partial charge in [0.05, 0.1) is 11.0 Å². The van der Waals surface area contributed by atoms with E-state index in [1.807, 2.05) is 6.92 Å². The van der Waals surface area contributed by atoms with E-state index < -0.39 is 25.2 Å². The van der Waals surface area contributed by atoms with Crippen LogP contribution in [0.25, 0.3) is 10.1 Å². The van der Waals surface area contributed by atoms with Crippen LogP contribution >= 0.6 is 18.9 Å². The lowest BCUT2D eigenvalue weighted by Crippen LogP contribution is -2.60. The van der Waals surface area contributed by atoms with Crippen molar-refractivity contribution in [1.29, 1.82) is 0 Å². The molecule has 0 unspecified atom stereocenters. The van der Waals surface area contributed by atoms with E-state index in [9.17, 15) is 33.5 Å². The maximum Gasteiger partial charge on any atom is 0.329 e. The number of nitrogens with one attached hydrogen (secondary N) is 2. The van der Waals surface area contributed by atoms with Crippen molar-refractivity contribution in [3.63, 3.8) is 0 Å². The molecule has 222 valence electrons. The van der Waals surface area contributed by atoms with Gasteiger partial charge in [0.15, 0.2) is 5.43 Å². The zero-order valence-corrected chi connectivity index (χ0v) is 24.8. The predicted octanol–water partition coefficient (Wildman–Crippen LogP) is 2.93. The van der Waals surface area contributed by atoms with Crippen LogP contribution in [0.2, 0.25) is 0 Å². The first-order valence-electron chi connectivity index (χ1n) is 14.1. The van der Waals surface area contributed by atoms with E-state index in [-0.39, 0.29) is 35.2 Å². The van der Waals surface area contributed by atoms with Gasteiger partial charge in [-0.15, -0.1) is 11.3 Å². The summed E-state index contributed by atoms with van der Waals surface area (Å²) in [6.45, 7) is 2.99. The summed E-state index contributed by atoms with van der Waals surface area (Å²) in [6.07, 6.45) is 4.46. The number of H-pyrrole nitrogens is 1. The number of hydrogen-bond donors (Lipinski definition) is 4. The Bertz CT molecular complexity index is 1680. The number of benzene rings is 1. The fourth-order valence-electron chi connectivity index (χ4n) is 6.62. The van der Waals surface area contributed by atoms with Crippen LogP contribution in [0.15, 0.2) is 47.4 Å². The van der Waals surface area contributed by atoms with Crippen LogP contribution in [0.3, 0.4) is 0 Å². The number of nitrogens with zero attached hydrogens (tertiary/aromatic N) is 2. The summed E-state index contributed by atoms with van der Waals surface area (Å²) in [7, 11) is -4.22. The molecule has 11 nitrogen and oxygen atoms in total. The summed E-state index contributed by atoms with van der Waals surface area (Å²) in [5.41, 5.74) is 0.743. The van der Waals surface area contributed by atoms with Gasteiger partial charge in [-0.05, 0) is 68.2 Å². The Morgan fingerprint density at radius 3 is 2.64 bits per heavy atom. The van der Waals surface area contributed by atoms with Crippen molar-refractivity contribution in [3.05, 3.63) is 69.0 Å². The van der Waals surface area contributed by atoms with Gasteiger partial charge in [0.1, 0.15) is 12.1 Å². The molecule has 3 aromatic rings. The molecule has 13 heteroatoms. The molecule has 0 saturated carbocycles. The standard InChI is InChI=1S/C29H33N4O7PS/c1-29-8-2-3-21(31-26(35)25-12-18-11-17(16-41(38,39)40)4-5-24(18)42-25)27(36)33(29)23(6-9-29)28(37)32-14-19(15-32)22-13-20(34)7-10-30-22/h4-5,7,10-13,19,21,23H,2-3,6,8-9,14-16H2,1H3,(H,30,34)(H,31,35)(H2,38,39,40)/t21-,23-,29-/m0/s1. The molecular weight excluding hydrogens is 579 g/mol. The first-order valence-corrected chi connectivity index (χ1v) is 16.7. The van der Waals surface area contributed by atoms with Crippen molar-refractivity contribution in [1.82, 2.24) is 20.1 Å². The van der Waals surface area contributed by atoms with Crippen LogP contribution in [0.1, 0.15) is 65.9 Å². The SMILES string of the molecule is C[C@@]12CCC[C@H](NC(=O)c3cc4cc(CP(=O)(O)O)ccc4s3)C(=O)N1[C@H](C(=O)N1CC(c3cc(=O)cc[nH]3)C1)CC2. The van der Waals surface area contributed by atoms with E-state index in [0.717, 1.165) is 23.2 Å². The Morgan fingerprint density at radius 2 is 1.90 bits per heavy atom. The molecule has 3 aliphatic rings. The molecular formula is C29H33N4O7PS. The molecule has 0 aliphatic carbocycles. The van der Waals surface area contributed by atoms with Crippen molar-refractivity contribution >= 4 is 46.7 Å². The van der Waals surface area contributed by atoms with Gasteiger partial charge in [0.2, 0.25) is 11.8 Å². The molecule has 0 spiro atoms. The van der Waals surface area contributed by atoms with Gasteiger partial charge in [-0.1, -0.05) is 6.07 Å². The molecule has 3 saturated heterocycles. The van der Waals surface area contributed by atoms with Gasteiger partial charge in [-0.3, -0.25) is 23.7 Å². The highest BCUT2D eigenvalue weighted by atomic mass is 32.1. The van der Waals surface area contributed by atoms with E-state index >= 15 is 0 Å². The lowest BCUT2D eigenvalue weighted by atomic mass is 9.93. The highest BCUT2D eigenvalue weighted by Gasteiger charge is 2.53. The first-order chi connectivity index (χ1) is 19.9. The second kappa shape index (κ2) is 10.8. The fourth-order valence-corrected chi connectivity index (χ4v) is 8.24. The van der Waals surface area contributed by atoms with E-state index in [4.69, 9.17) is 0 Å². The van der Waals surface area contributed by atoms with Crippen molar-refractivity contribution in [3.8, 4) is 0 Å². The molecule has 2 aromatic heterocycles. The van der Waals surface area contributed by atoms with Crippen molar-refractivity contribution in [2.45, 2.75) is 68.7 Å². The lowest BCUT2D eigenvalue weighted by molar-refractivity contribution is -0.151. The fraction of sp³-hybridized carbons (Fsp3) is 0.448. The van der Waals surface area contributed by atoms with Gasteiger partial charge in [0, 0.05) is 53.3 Å². The topological polar surface area (TPSA) is 160 Å². The van der Waals surface area contributed by atoms with E-state index in [1.165, 1.54) is 17.4 Å². The van der Waals surface area contributed by atoms with Crippen LogP contribution in [0.4, 0.5) is 0 Å². The number of thiophene rings is 1. The van der Waals surface area contributed by atoms with Gasteiger partial charge in [-0.25, -0.2) is 0 Å². The summed E-state index contributed by atoms with van der Waals surface area (Å²) in [5.74, 6) is -0.672. The van der Waals surface area contributed by atoms with E-state index in [2.05, 4.69) is 10.3 Å². The Hall–Kier alpha value is -3.31. The second-order valence-electron chi connectivity index (χ2n) is 11.9. The third-order valence-electron chi connectivity index (χ3n) is 8.81. The molecule has 5 heterocycles. The number of likely N-dealkylation sites (tertiary alicyclic amines) is 1. The molecule has 3 aliphatic heterocycles. The highest BCUT2D eigenvalue weighted by Crippen LogP contribution is 2.43. The molecule has 6 rings (SSSR count). The minimum Gasteiger partial charge on any atom is -0.364 e. The van der Waals surface area contributed by atoms with Crippen molar-refractivity contribution in [2.24, 2.45) is 0 Å². The Kier molecular flexibility index (Phi) is 7.37. The van der Waals surface area contributed by atoms with Crippen molar-refractivity contribution in [2.75, 3.05) is 13.1 Å². The molecule has 4 N–H and O–H groups in total. The first kappa shape index (κ1) is 28.8. The summed E-state index contributed by atoms with van der Waals surface area (Å²) >= 11 is 1.25. The molecule has 0 bridgehead atoms. The molecule has 3 fully saturated rings. The molecule has 42 heavy (non-hydrogen) atoms. The van der Waals surface area contributed by atoms with Crippen LogP contribution in [-0.4, -0.2) is 73.0 Å². The summed E-state index contributed by atoms with van der Waals surface area (Å²) < 4.78 is 12.2. The number of carbonyl (C=O) groups excluding carboxylic acids is 3. The number of pyridine rings is 1. The summed E-state index contributed by atoms with van der Waals surface area (Å²) in [5, 5.41) is 3.62. The lowest BCUT2D eigenvalue weighted by Gasteiger charge is -2.44. The molecule has 0 radical (unpaired) electrons. The largest absolute Gasteiger partial charge is 0.364 e. The number of carbonyl (C=O) groups is 3. The van der Waals surface area contributed by atoms with Gasteiger partial charge in [-0.2, -0.15) is 0 Å². The van der Waals surface area contributed by atoms with E-state index in [0.29, 0.717) is 48.2 Å². The highest BCUT2D eigenvalue weighted by molar-refractivity contribution is 7.50. The number of aromatic amines is 1. The van der Waals surface area contributed by atoms with Gasteiger partial charge < -0.3 is 29.9 Å². The maximum absolute atomic E-state index is 13.9. The predicted molar refractivity (Wildman–Crippen MR) is 157 cm³/mol. The monoisotopic (exact) mass is 612 g/mol. The zero-order valence-electron chi connectivity index (χ0n) is 23.1. The number of rotatable bonds is 6. The van der Waals surface area contributed by atoms with Gasteiger partial charge in [0.25, 0.3) is 5.91 Å². The normalized spacial score (nSPS) is 24.8. The summed E-state index contributed by atoms with van der Waals surface area (Å²) in [6, 6.07) is 8.38. The summed E-state index contributed by atoms with van der Waals surface area (Å²) in [4.78, 5) is 78.1. The zero-order chi connectivity index (χ0) is 29.8. The van der Waals surface area contributed by atoms with Crippen LogP contribution in [-0.2, 0) is 20.3 Å². The molecule has 1 aromatic carbocycles. The van der Waals surface area contributed by atoms with Gasteiger partial charge >= 0.3 is 7.60 Å². The average Bonchev–Trinajstić information content (AvgIpc) is 3.44. The smallest absolute Gasteiger partial charge is 0.329 e. The quantitative estimate of drug-likeness (QED) is 0.312. The van der Waals surface area contributed by atoms with Crippen LogP contribution < -0.4 is 10.7 Å². The number of aromatic nitrogens is 1. The third-order valence-corrected chi connectivity index (χ3v) is 10.7. The maximum atomic E-state index is 13.9. The molecule has 3 amide bonds. The Balaban J connectivity index is 1.15. The second-order valence-corrected chi connectivity index (χ2v) is 14.6. The van der Waals surface area contributed by atoms with Crippen LogP contribution in [0.5, 0.6) is 0 Å². The minimum absolute atomic E-state index is 0.0525. The Labute approximate surface area is 246 Å². The number of hydrogen-bond acceptors (Lipinski definition) is 6. The molecule has 3 atom stereocenters. The average molecular weight is 613 g/mol. The van der Waals surface area contributed by atoms with Crippen LogP contribution in [0, 0.1) is 0 Å². The Morgan fingerprint density at radius 1 is 1.12 bits per heavy atom. The van der Waals surface area contributed by atoms with E-state index in [1.54, 1.807) is 46.3 Å². The third kappa shape index (κ3) is 5.56. The number of amides is 3. The minimum atomic E-state index is -4.22.